The summed E-state index contributed by atoms with van der Waals surface area (Å²) in [6, 6.07) is 1.78. The van der Waals surface area contributed by atoms with Crippen molar-refractivity contribution in [2.45, 2.75) is 33.5 Å². The molecule has 2 aromatic heterocycles. The number of amides is 1. The molecule has 0 aliphatic carbocycles. The van der Waals surface area contributed by atoms with Crippen LogP contribution in [0.2, 0.25) is 0 Å². The Labute approximate surface area is 120 Å². The minimum atomic E-state index is -0.611. The van der Waals surface area contributed by atoms with Crippen molar-refractivity contribution in [1.29, 1.82) is 0 Å². The van der Waals surface area contributed by atoms with Gasteiger partial charge in [-0.3, -0.25) is 24.3 Å². The van der Waals surface area contributed by atoms with Crippen molar-refractivity contribution in [1.82, 2.24) is 24.9 Å². The molecule has 0 saturated heterocycles. The van der Waals surface area contributed by atoms with E-state index < -0.39 is 10.8 Å². The Morgan fingerprint density at radius 3 is 2.62 bits per heavy atom. The molecule has 0 aromatic carbocycles. The maximum Gasteiger partial charge on any atom is 0.320 e. The Morgan fingerprint density at radius 1 is 1.33 bits per heavy atom. The van der Waals surface area contributed by atoms with Crippen LogP contribution < -0.4 is 5.32 Å². The minimum Gasteiger partial charge on any atom is -0.345 e. The third-order valence-electron chi connectivity index (χ3n) is 2.93. The smallest absolute Gasteiger partial charge is 0.320 e. The molecule has 0 bridgehead atoms. The Bertz CT molecular complexity index is 660. The third kappa shape index (κ3) is 3.25. The number of carbonyl (C=O) groups excluding carboxylic acids is 1. The molecular weight excluding hydrogens is 276 g/mol. The number of hydrogen-bond acceptors (Lipinski definition) is 5. The zero-order valence-corrected chi connectivity index (χ0v) is 11.8. The fraction of sp³-hybridized carbons (Fsp3) is 0.417. The molecule has 0 saturated carbocycles. The molecule has 9 heteroatoms. The molecule has 0 unspecified atom stereocenters. The standard InChI is InChI=1S/C12H16N6O3/c1-3-16-6-5-9(14-16)7-13-12(19)11-10(18(20)21)8-17(4-2)15-11/h5-6,8H,3-4,7H2,1-2H3,(H,13,19). The number of carbonyl (C=O) groups is 1. The molecule has 21 heavy (non-hydrogen) atoms. The highest BCUT2D eigenvalue weighted by Gasteiger charge is 2.25. The summed E-state index contributed by atoms with van der Waals surface area (Å²) in [6.07, 6.45) is 3.05. The van der Waals surface area contributed by atoms with Crippen molar-refractivity contribution in [3.8, 4) is 0 Å². The Morgan fingerprint density at radius 2 is 2.05 bits per heavy atom. The van der Waals surface area contributed by atoms with E-state index in [0.717, 1.165) is 6.54 Å². The van der Waals surface area contributed by atoms with Gasteiger partial charge >= 0.3 is 5.69 Å². The second kappa shape index (κ2) is 6.16. The van der Waals surface area contributed by atoms with Gasteiger partial charge in [-0.1, -0.05) is 0 Å². The van der Waals surface area contributed by atoms with Gasteiger partial charge in [0, 0.05) is 19.3 Å². The Hall–Kier alpha value is -2.71. The molecular formula is C12H16N6O3. The van der Waals surface area contributed by atoms with Gasteiger partial charge < -0.3 is 5.32 Å². The molecule has 0 spiro atoms. The summed E-state index contributed by atoms with van der Waals surface area (Å²) in [7, 11) is 0. The first-order valence-electron chi connectivity index (χ1n) is 6.57. The van der Waals surface area contributed by atoms with Crippen LogP contribution >= 0.6 is 0 Å². The van der Waals surface area contributed by atoms with Gasteiger partial charge in [-0.2, -0.15) is 10.2 Å². The van der Waals surface area contributed by atoms with E-state index >= 15 is 0 Å². The second-order valence-corrected chi connectivity index (χ2v) is 4.32. The van der Waals surface area contributed by atoms with E-state index in [1.54, 1.807) is 23.9 Å². The van der Waals surface area contributed by atoms with Crippen LogP contribution in [0.1, 0.15) is 30.0 Å². The fourth-order valence-electron chi connectivity index (χ4n) is 1.80. The first-order valence-corrected chi connectivity index (χ1v) is 6.57. The lowest BCUT2D eigenvalue weighted by atomic mass is 10.3. The van der Waals surface area contributed by atoms with Crippen LogP contribution in [0.25, 0.3) is 0 Å². The molecule has 0 aliphatic heterocycles. The molecule has 1 N–H and O–H groups in total. The number of aryl methyl sites for hydroxylation is 2. The molecule has 0 atom stereocenters. The van der Waals surface area contributed by atoms with Crippen LogP contribution in [0.4, 0.5) is 5.69 Å². The first kappa shape index (κ1) is 14.7. The summed E-state index contributed by atoms with van der Waals surface area (Å²) in [5.74, 6) is -0.583. The Kier molecular flexibility index (Phi) is 4.31. The van der Waals surface area contributed by atoms with Gasteiger partial charge in [0.05, 0.1) is 17.2 Å². The van der Waals surface area contributed by atoms with Crippen LogP contribution in [0.15, 0.2) is 18.5 Å². The molecule has 0 fully saturated rings. The summed E-state index contributed by atoms with van der Waals surface area (Å²) in [5, 5.41) is 21.7. The van der Waals surface area contributed by atoms with Gasteiger partial charge in [-0.15, -0.1) is 0 Å². The average Bonchev–Trinajstić information content (AvgIpc) is 3.11. The number of rotatable bonds is 6. The van der Waals surface area contributed by atoms with Crippen LogP contribution in [0, 0.1) is 10.1 Å². The lowest BCUT2D eigenvalue weighted by Crippen LogP contribution is -2.24. The molecule has 1 amide bonds. The van der Waals surface area contributed by atoms with Gasteiger partial charge in [0.1, 0.15) is 6.20 Å². The average molecular weight is 292 g/mol. The molecule has 9 nitrogen and oxygen atoms in total. The van der Waals surface area contributed by atoms with E-state index in [0.29, 0.717) is 12.2 Å². The van der Waals surface area contributed by atoms with Crippen molar-refractivity contribution in [3.63, 3.8) is 0 Å². The summed E-state index contributed by atoms with van der Waals surface area (Å²) >= 11 is 0. The number of hydrogen-bond donors (Lipinski definition) is 1. The van der Waals surface area contributed by atoms with Crippen LogP contribution in [-0.2, 0) is 19.6 Å². The lowest BCUT2D eigenvalue weighted by molar-refractivity contribution is -0.385. The molecule has 112 valence electrons. The molecule has 0 radical (unpaired) electrons. The normalized spacial score (nSPS) is 10.6. The molecule has 2 rings (SSSR count). The first-order chi connectivity index (χ1) is 10.0. The largest absolute Gasteiger partial charge is 0.345 e. The maximum absolute atomic E-state index is 12.0. The van der Waals surface area contributed by atoms with Crippen molar-refractivity contribution >= 4 is 11.6 Å². The predicted octanol–water partition coefficient (Wildman–Crippen LogP) is 0.958. The third-order valence-corrected chi connectivity index (χ3v) is 2.93. The summed E-state index contributed by atoms with van der Waals surface area (Å²) in [6.45, 7) is 5.13. The zero-order chi connectivity index (χ0) is 15.4. The maximum atomic E-state index is 12.0. The van der Waals surface area contributed by atoms with E-state index in [-0.39, 0.29) is 17.9 Å². The minimum absolute atomic E-state index is 0.184. The van der Waals surface area contributed by atoms with Gasteiger partial charge in [0.15, 0.2) is 0 Å². The SMILES string of the molecule is CCn1ccc(CNC(=O)c2nn(CC)cc2[N+](=O)[O-])n1. The molecule has 2 aromatic rings. The van der Waals surface area contributed by atoms with E-state index in [1.165, 1.54) is 10.9 Å². The predicted molar refractivity (Wildman–Crippen MR) is 73.6 cm³/mol. The van der Waals surface area contributed by atoms with Crippen molar-refractivity contribution < 1.29 is 9.72 Å². The number of nitro groups is 1. The van der Waals surface area contributed by atoms with Gasteiger partial charge in [0.25, 0.3) is 5.91 Å². The lowest BCUT2D eigenvalue weighted by Gasteiger charge is -2.00. The summed E-state index contributed by atoms with van der Waals surface area (Å²) in [5.41, 5.74) is 0.202. The number of aromatic nitrogens is 4. The summed E-state index contributed by atoms with van der Waals surface area (Å²) in [4.78, 5) is 22.3. The monoisotopic (exact) mass is 292 g/mol. The van der Waals surface area contributed by atoms with Crippen LogP contribution in [-0.4, -0.2) is 30.4 Å². The van der Waals surface area contributed by atoms with Gasteiger partial charge in [-0.25, -0.2) is 0 Å². The number of nitrogens with zero attached hydrogens (tertiary/aromatic N) is 5. The molecule has 0 aliphatic rings. The van der Waals surface area contributed by atoms with Crippen LogP contribution in [0.5, 0.6) is 0 Å². The van der Waals surface area contributed by atoms with Crippen LogP contribution in [0.3, 0.4) is 0 Å². The van der Waals surface area contributed by atoms with E-state index in [2.05, 4.69) is 15.5 Å². The number of nitrogens with one attached hydrogen (secondary N) is 1. The topological polar surface area (TPSA) is 108 Å². The van der Waals surface area contributed by atoms with Crippen molar-refractivity contribution in [3.05, 3.63) is 40.0 Å². The highest BCUT2D eigenvalue weighted by molar-refractivity contribution is 5.95. The van der Waals surface area contributed by atoms with Gasteiger partial charge in [0.2, 0.25) is 5.69 Å². The van der Waals surface area contributed by atoms with E-state index in [1.807, 2.05) is 6.92 Å². The second-order valence-electron chi connectivity index (χ2n) is 4.32. The highest BCUT2D eigenvalue weighted by Crippen LogP contribution is 2.16. The van der Waals surface area contributed by atoms with E-state index in [9.17, 15) is 14.9 Å². The zero-order valence-electron chi connectivity index (χ0n) is 11.8. The van der Waals surface area contributed by atoms with E-state index in [4.69, 9.17) is 0 Å². The van der Waals surface area contributed by atoms with Crippen molar-refractivity contribution in [2.24, 2.45) is 0 Å². The highest BCUT2D eigenvalue weighted by atomic mass is 16.6. The quantitative estimate of drug-likeness (QED) is 0.630. The molecule has 2 heterocycles. The summed E-state index contributed by atoms with van der Waals surface area (Å²) < 4.78 is 3.09. The van der Waals surface area contributed by atoms with Gasteiger partial charge in [-0.05, 0) is 19.9 Å². The van der Waals surface area contributed by atoms with Crippen molar-refractivity contribution in [2.75, 3.05) is 0 Å². The fourth-order valence-corrected chi connectivity index (χ4v) is 1.80. The Balaban J connectivity index is 2.09.